The summed E-state index contributed by atoms with van der Waals surface area (Å²) in [4.78, 5) is 17.5. The fraction of sp³-hybridized carbons (Fsp3) is 1.00. The Bertz CT molecular complexity index is 510. The van der Waals surface area contributed by atoms with Crippen molar-refractivity contribution in [3.63, 3.8) is 0 Å². The average molecular weight is 563 g/mol. The standard InChI is InChI=1S/C33H68FO3P/c1-3-5-6-7-8-9-10-11-14-17-20-23-26-29-32(4-2)30-27-24-21-18-15-12-13-16-19-22-25-28-31-33(34)38(35,36)37/h32-33H,3-31H2,1-2H3,(H2,35,36,37). The maximum atomic E-state index is 13.2. The van der Waals surface area contributed by atoms with Crippen LogP contribution in [-0.2, 0) is 4.57 Å². The lowest BCUT2D eigenvalue weighted by Gasteiger charge is -2.14. The van der Waals surface area contributed by atoms with Crippen molar-refractivity contribution < 1.29 is 18.7 Å². The van der Waals surface area contributed by atoms with Crippen molar-refractivity contribution in [2.75, 3.05) is 0 Å². The summed E-state index contributed by atoms with van der Waals surface area (Å²) >= 11 is 0. The Labute approximate surface area is 238 Å². The van der Waals surface area contributed by atoms with Crippen LogP contribution in [0.5, 0.6) is 0 Å². The van der Waals surface area contributed by atoms with E-state index in [-0.39, 0.29) is 6.42 Å². The molecule has 2 unspecified atom stereocenters. The second-order valence-electron chi connectivity index (χ2n) is 12.1. The van der Waals surface area contributed by atoms with E-state index < -0.39 is 13.5 Å². The Morgan fingerprint density at radius 1 is 0.474 bits per heavy atom. The normalized spacial score (nSPS) is 13.7. The Balaban J connectivity index is 3.33. The van der Waals surface area contributed by atoms with Crippen molar-refractivity contribution in [2.45, 2.75) is 206 Å². The minimum absolute atomic E-state index is 0.0112. The van der Waals surface area contributed by atoms with E-state index in [9.17, 15) is 8.96 Å². The first-order valence-electron chi connectivity index (χ1n) is 17.1. The summed E-state index contributed by atoms with van der Waals surface area (Å²) < 4.78 is 23.9. The van der Waals surface area contributed by atoms with Gasteiger partial charge in [0.2, 0.25) is 5.91 Å². The van der Waals surface area contributed by atoms with Gasteiger partial charge in [0.25, 0.3) is 0 Å². The smallest absolute Gasteiger partial charge is 0.322 e. The van der Waals surface area contributed by atoms with Crippen LogP contribution >= 0.6 is 7.60 Å². The van der Waals surface area contributed by atoms with Crippen molar-refractivity contribution >= 4 is 7.60 Å². The predicted molar refractivity (Wildman–Crippen MR) is 166 cm³/mol. The van der Waals surface area contributed by atoms with Crippen LogP contribution in [0.2, 0.25) is 0 Å². The summed E-state index contributed by atoms with van der Waals surface area (Å²) in [5, 5.41) is 0. The van der Waals surface area contributed by atoms with Crippen LogP contribution in [0.15, 0.2) is 0 Å². The van der Waals surface area contributed by atoms with Gasteiger partial charge >= 0.3 is 7.60 Å². The SMILES string of the molecule is CCCCCCCCCCCCCCCC(CC)CCCCCCCCCCCCCCC(F)P(=O)(O)O. The molecule has 0 rings (SSSR count). The molecule has 5 heteroatoms. The number of hydrogen-bond acceptors (Lipinski definition) is 1. The van der Waals surface area contributed by atoms with Gasteiger partial charge < -0.3 is 9.79 Å². The van der Waals surface area contributed by atoms with Crippen LogP contribution in [0.25, 0.3) is 0 Å². The quantitative estimate of drug-likeness (QED) is 0.0652. The first kappa shape index (κ1) is 38.1. The first-order valence-corrected chi connectivity index (χ1v) is 18.8. The van der Waals surface area contributed by atoms with Crippen molar-refractivity contribution in [3.05, 3.63) is 0 Å². The Morgan fingerprint density at radius 3 is 1.00 bits per heavy atom. The molecule has 0 saturated heterocycles. The molecule has 0 aromatic heterocycles. The van der Waals surface area contributed by atoms with Crippen LogP contribution < -0.4 is 0 Å². The van der Waals surface area contributed by atoms with Crippen LogP contribution in [-0.4, -0.2) is 15.7 Å². The summed E-state index contributed by atoms with van der Waals surface area (Å²) in [7, 11) is -4.53. The summed E-state index contributed by atoms with van der Waals surface area (Å²) in [5.74, 6) is -1.02. The summed E-state index contributed by atoms with van der Waals surface area (Å²) in [6.07, 6.45) is 37.4. The molecule has 3 nitrogen and oxygen atoms in total. The second-order valence-corrected chi connectivity index (χ2v) is 13.9. The molecule has 0 radical (unpaired) electrons. The van der Waals surface area contributed by atoms with Crippen LogP contribution in [0.1, 0.15) is 200 Å². The largest absolute Gasteiger partial charge is 0.359 e. The maximum Gasteiger partial charge on any atom is 0.359 e. The number of alkyl halides is 1. The third-order valence-corrected chi connectivity index (χ3v) is 9.45. The van der Waals surface area contributed by atoms with Crippen molar-refractivity contribution in [2.24, 2.45) is 5.92 Å². The Morgan fingerprint density at radius 2 is 0.737 bits per heavy atom. The molecule has 230 valence electrons. The molecular formula is C33H68FO3P. The van der Waals surface area contributed by atoms with E-state index in [0.717, 1.165) is 25.2 Å². The van der Waals surface area contributed by atoms with Gasteiger partial charge in [-0.2, -0.15) is 0 Å². The molecule has 0 amide bonds. The highest BCUT2D eigenvalue weighted by atomic mass is 31.2. The number of rotatable bonds is 31. The molecule has 2 atom stereocenters. The second kappa shape index (κ2) is 28.6. The van der Waals surface area contributed by atoms with Gasteiger partial charge in [0, 0.05) is 0 Å². The molecule has 0 saturated carbocycles. The number of hydrogen-bond donors (Lipinski definition) is 2. The zero-order valence-corrected chi connectivity index (χ0v) is 26.7. The molecule has 2 N–H and O–H groups in total. The van der Waals surface area contributed by atoms with Gasteiger partial charge in [0.05, 0.1) is 0 Å². The molecule has 0 fully saturated rings. The minimum Gasteiger partial charge on any atom is -0.322 e. The average Bonchev–Trinajstić information content (AvgIpc) is 2.89. The number of halogens is 1. The maximum absolute atomic E-state index is 13.2. The zero-order valence-electron chi connectivity index (χ0n) is 25.8. The van der Waals surface area contributed by atoms with Crippen LogP contribution in [0, 0.1) is 5.92 Å². The lowest BCUT2D eigenvalue weighted by atomic mass is 9.92. The molecule has 0 aliphatic rings. The topological polar surface area (TPSA) is 57.5 Å². The first-order chi connectivity index (χ1) is 18.4. The lowest BCUT2D eigenvalue weighted by molar-refractivity contribution is 0.287. The fourth-order valence-corrected chi connectivity index (χ4v) is 6.20. The van der Waals surface area contributed by atoms with Gasteiger partial charge in [0.15, 0.2) is 0 Å². The molecular weight excluding hydrogens is 494 g/mol. The molecule has 38 heavy (non-hydrogen) atoms. The van der Waals surface area contributed by atoms with E-state index in [1.54, 1.807) is 0 Å². The van der Waals surface area contributed by atoms with Gasteiger partial charge in [0.1, 0.15) is 0 Å². The summed E-state index contributed by atoms with van der Waals surface area (Å²) in [6.45, 7) is 4.67. The molecule has 0 aromatic rings. The molecule has 0 aliphatic carbocycles. The van der Waals surface area contributed by atoms with E-state index in [1.165, 1.54) is 154 Å². The Kier molecular flexibility index (Phi) is 28.7. The predicted octanol–water partition coefficient (Wildman–Crippen LogP) is 12.4. The third-order valence-electron chi connectivity index (χ3n) is 8.46. The molecule has 0 bridgehead atoms. The van der Waals surface area contributed by atoms with E-state index in [4.69, 9.17) is 9.79 Å². The summed E-state index contributed by atoms with van der Waals surface area (Å²) in [5.41, 5.74) is 0. The Hall–Kier alpha value is 0.0800. The lowest BCUT2D eigenvalue weighted by Crippen LogP contribution is -2.00. The monoisotopic (exact) mass is 562 g/mol. The number of unbranched alkanes of at least 4 members (excludes halogenated alkanes) is 23. The van der Waals surface area contributed by atoms with Crippen molar-refractivity contribution in [3.8, 4) is 0 Å². The van der Waals surface area contributed by atoms with E-state index in [1.807, 2.05) is 0 Å². The highest BCUT2D eigenvalue weighted by molar-refractivity contribution is 7.52. The minimum atomic E-state index is -4.53. The van der Waals surface area contributed by atoms with Gasteiger partial charge in [-0.25, -0.2) is 4.39 Å². The van der Waals surface area contributed by atoms with Crippen LogP contribution in [0.3, 0.4) is 0 Å². The molecule has 0 heterocycles. The van der Waals surface area contributed by atoms with Crippen LogP contribution in [0.4, 0.5) is 4.39 Å². The summed E-state index contributed by atoms with van der Waals surface area (Å²) in [6, 6.07) is 0. The van der Waals surface area contributed by atoms with Gasteiger partial charge in [-0.15, -0.1) is 0 Å². The van der Waals surface area contributed by atoms with E-state index in [0.29, 0.717) is 6.42 Å². The highest BCUT2D eigenvalue weighted by Crippen LogP contribution is 2.44. The van der Waals surface area contributed by atoms with E-state index in [2.05, 4.69) is 13.8 Å². The van der Waals surface area contributed by atoms with Gasteiger partial charge in [-0.05, 0) is 18.8 Å². The van der Waals surface area contributed by atoms with Gasteiger partial charge in [-0.1, -0.05) is 187 Å². The molecule has 0 spiro atoms. The molecule has 0 aromatic carbocycles. The third kappa shape index (κ3) is 27.6. The van der Waals surface area contributed by atoms with E-state index >= 15 is 0 Å². The van der Waals surface area contributed by atoms with Crippen molar-refractivity contribution in [1.82, 2.24) is 0 Å². The zero-order chi connectivity index (χ0) is 28.2. The highest BCUT2D eigenvalue weighted by Gasteiger charge is 2.27. The van der Waals surface area contributed by atoms with Gasteiger partial charge in [-0.3, -0.25) is 4.57 Å². The fourth-order valence-electron chi connectivity index (χ4n) is 5.69. The molecule has 0 aliphatic heterocycles. The van der Waals surface area contributed by atoms with Crippen molar-refractivity contribution in [1.29, 1.82) is 0 Å².